The highest BCUT2D eigenvalue weighted by Gasteiger charge is 2.55. The lowest BCUT2D eigenvalue weighted by Crippen LogP contribution is -2.32. The van der Waals surface area contributed by atoms with Crippen LogP contribution in [-0.2, 0) is 23.2 Å². The van der Waals surface area contributed by atoms with Crippen molar-refractivity contribution in [3.05, 3.63) is 42.5 Å². The Balaban J connectivity index is 2.17. The molecule has 2 atom stereocenters. The minimum atomic E-state index is -5.93. The van der Waals surface area contributed by atoms with Gasteiger partial charge in [-0.1, -0.05) is 46.7 Å². The third kappa shape index (κ3) is 4.17. The first-order chi connectivity index (χ1) is 13.6. The molecule has 2 aromatic rings. The van der Waals surface area contributed by atoms with Gasteiger partial charge in [0, 0.05) is 10.6 Å². The number of carbonyl (C=O) groups is 1. The maximum absolute atomic E-state index is 13.2. The molecule has 160 valence electrons. The summed E-state index contributed by atoms with van der Waals surface area (Å²) < 4.78 is 78.4. The van der Waals surface area contributed by atoms with Crippen LogP contribution in [0.5, 0.6) is 0 Å². The molecule has 2 aromatic carbocycles. The minimum Gasteiger partial charge on any atom is -0.435 e. The van der Waals surface area contributed by atoms with Gasteiger partial charge in [-0.2, -0.15) is 21.6 Å². The molecule has 0 bridgehead atoms. The third-order valence-corrected chi connectivity index (χ3v) is 9.85. The molecule has 11 heteroatoms. The molecule has 1 aliphatic heterocycles. The summed E-state index contributed by atoms with van der Waals surface area (Å²) in [6.07, 6.45) is -0.592. The van der Waals surface area contributed by atoms with Crippen LogP contribution in [0.15, 0.2) is 47.4 Å². The summed E-state index contributed by atoms with van der Waals surface area (Å²) in [7, 11) is -9.12. The second-order valence-electron chi connectivity index (χ2n) is 6.25. The Morgan fingerprint density at radius 1 is 1.17 bits per heavy atom. The second-order valence-corrected chi connectivity index (χ2v) is 11.0. The average molecular weight is 452 g/mol. The van der Waals surface area contributed by atoms with E-state index >= 15 is 0 Å². The van der Waals surface area contributed by atoms with Crippen LogP contribution < -0.4 is 0 Å². The van der Waals surface area contributed by atoms with Gasteiger partial charge in [0.2, 0.25) is 0 Å². The Hall–Kier alpha value is -1.98. The molecule has 0 N–H and O–H groups in total. The Morgan fingerprint density at radius 2 is 1.86 bits per heavy atom. The van der Waals surface area contributed by atoms with E-state index in [0.717, 1.165) is 0 Å². The van der Waals surface area contributed by atoms with Gasteiger partial charge in [-0.3, -0.25) is 0 Å². The molecule has 0 radical (unpaired) electrons. The first kappa shape index (κ1) is 21.7. The number of halogens is 3. The first-order valence-corrected chi connectivity index (χ1v) is 11.9. The summed E-state index contributed by atoms with van der Waals surface area (Å²) in [5, 5.41) is 1.24. The van der Waals surface area contributed by atoms with E-state index in [-0.39, 0.29) is 23.7 Å². The van der Waals surface area contributed by atoms with Crippen LogP contribution in [0.25, 0.3) is 10.8 Å². The van der Waals surface area contributed by atoms with E-state index in [1.165, 1.54) is 6.07 Å². The standard InChI is InChI=1S/C18H19F3O6S2/c1-2-25-17(22)26-16-11-6-12-28(16,27-29(23,24)18(19,20)21)15-10-5-8-13-7-3-4-9-14(13)15/h3-5,7-10,16H,2,6,11-12H2,1H3. The van der Waals surface area contributed by atoms with Crippen LogP contribution in [-0.4, -0.2) is 37.9 Å². The van der Waals surface area contributed by atoms with Crippen LogP contribution in [0.1, 0.15) is 19.8 Å². The largest absolute Gasteiger partial charge is 0.523 e. The van der Waals surface area contributed by atoms with Crippen LogP contribution in [0.3, 0.4) is 0 Å². The van der Waals surface area contributed by atoms with Crippen LogP contribution in [0.4, 0.5) is 18.0 Å². The van der Waals surface area contributed by atoms with Crippen molar-refractivity contribution in [2.45, 2.75) is 35.6 Å². The molecule has 1 heterocycles. The van der Waals surface area contributed by atoms with Crippen molar-refractivity contribution in [3.63, 3.8) is 0 Å². The number of ether oxygens (including phenoxy) is 2. The number of hydrogen-bond acceptors (Lipinski definition) is 6. The molecule has 2 unspecified atom stereocenters. The zero-order valence-corrected chi connectivity index (χ0v) is 17.0. The highest BCUT2D eigenvalue weighted by atomic mass is 32.3. The summed E-state index contributed by atoms with van der Waals surface area (Å²) >= 11 is 0. The molecule has 29 heavy (non-hydrogen) atoms. The van der Waals surface area contributed by atoms with E-state index < -0.39 is 37.5 Å². The van der Waals surface area contributed by atoms with E-state index in [1.54, 1.807) is 43.3 Å². The number of rotatable bonds is 5. The zero-order valence-electron chi connectivity index (χ0n) is 15.3. The SMILES string of the molecule is CCOC(=O)OC1CCCS1(OS(=O)(=O)C(F)(F)F)c1cccc2ccccc12. The van der Waals surface area contributed by atoms with Crippen molar-refractivity contribution in [1.82, 2.24) is 0 Å². The van der Waals surface area contributed by atoms with Crippen molar-refractivity contribution in [1.29, 1.82) is 0 Å². The first-order valence-electron chi connectivity index (χ1n) is 8.74. The molecule has 6 nitrogen and oxygen atoms in total. The average Bonchev–Trinajstić information content (AvgIpc) is 3.03. The van der Waals surface area contributed by atoms with E-state index in [4.69, 9.17) is 13.1 Å². The predicted octanol–water partition coefficient (Wildman–Crippen LogP) is 5.08. The van der Waals surface area contributed by atoms with Gasteiger partial charge in [0.05, 0.1) is 6.61 Å². The normalized spacial score (nSPS) is 24.8. The van der Waals surface area contributed by atoms with Gasteiger partial charge in [0.1, 0.15) is 0 Å². The fourth-order valence-electron chi connectivity index (χ4n) is 3.24. The summed E-state index contributed by atoms with van der Waals surface area (Å²) in [6.45, 7) is 1.55. The van der Waals surface area contributed by atoms with E-state index in [1.807, 2.05) is 0 Å². The van der Waals surface area contributed by atoms with Crippen molar-refractivity contribution < 1.29 is 39.5 Å². The zero-order chi connectivity index (χ0) is 21.3. The Morgan fingerprint density at radius 3 is 2.55 bits per heavy atom. The van der Waals surface area contributed by atoms with Crippen LogP contribution in [0.2, 0.25) is 0 Å². The Bertz CT molecular complexity index is 1000. The van der Waals surface area contributed by atoms with Gasteiger partial charge in [0.15, 0.2) is 5.44 Å². The smallest absolute Gasteiger partial charge is 0.435 e. The predicted molar refractivity (Wildman–Crippen MR) is 102 cm³/mol. The van der Waals surface area contributed by atoms with Crippen LogP contribution in [0, 0.1) is 0 Å². The molecule has 1 saturated heterocycles. The molecule has 3 rings (SSSR count). The molecule has 0 aromatic heterocycles. The fourth-order valence-corrected chi connectivity index (χ4v) is 8.76. The maximum atomic E-state index is 13.2. The molecule has 0 aliphatic carbocycles. The third-order valence-electron chi connectivity index (χ3n) is 4.42. The second kappa shape index (κ2) is 8.04. The molecular formula is C18H19F3O6S2. The van der Waals surface area contributed by atoms with Gasteiger partial charge < -0.3 is 9.47 Å². The lowest BCUT2D eigenvalue weighted by molar-refractivity contribution is -0.0497. The number of fused-ring (bicyclic) bond motifs is 1. The van der Waals surface area contributed by atoms with Crippen molar-refractivity contribution >= 4 is 37.4 Å². The van der Waals surface area contributed by atoms with Crippen molar-refractivity contribution in [3.8, 4) is 0 Å². The quantitative estimate of drug-likeness (QED) is 0.465. The van der Waals surface area contributed by atoms with Gasteiger partial charge in [0.25, 0.3) is 0 Å². The van der Waals surface area contributed by atoms with E-state index in [0.29, 0.717) is 17.2 Å². The molecule has 0 amide bonds. The summed E-state index contributed by atoms with van der Waals surface area (Å²) in [4.78, 5) is 12.2. The lowest BCUT2D eigenvalue weighted by Gasteiger charge is -2.39. The Kier molecular flexibility index (Phi) is 6.02. The molecule has 0 saturated carbocycles. The lowest BCUT2D eigenvalue weighted by atomic mass is 10.1. The molecule has 1 aliphatic rings. The van der Waals surface area contributed by atoms with Crippen LogP contribution >= 0.6 is 10.3 Å². The summed E-state index contributed by atoms with van der Waals surface area (Å²) in [5.41, 5.74) is -6.79. The maximum Gasteiger partial charge on any atom is 0.523 e. The molecular weight excluding hydrogens is 433 g/mol. The number of hydrogen-bond donors (Lipinski definition) is 0. The number of benzene rings is 2. The topological polar surface area (TPSA) is 78.9 Å². The van der Waals surface area contributed by atoms with E-state index in [2.05, 4.69) is 0 Å². The minimum absolute atomic E-state index is 0.000386. The monoisotopic (exact) mass is 452 g/mol. The highest BCUT2D eigenvalue weighted by molar-refractivity contribution is 8.33. The van der Waals surface area contributed by atoms with Crippen molar-refractivity contribution in [2.75, 3.05) is 12.4 Å². The number of carbonyl (C=O) groups excluding carboxylic acids is 1. The van der Waals surface area contributed by atoms with Gasteiger partial charge in [-0.25, -0.2) is 8.42 Å². The molecule has 1 fully saturated rings. The van der Waals surface area contributed by atoms with Crippen molar-refractivity contribution in [2.24, 2.45) is 0 Å². The van der Waals surface area contributed by atoms with Gasteiger partial charge in [-0.15, -0.1) is 0 Å². The summed E-state index contributed by atoms with van der Waals surface area (Å²) in [6, 6.07) is 11.7. The molecule has 0 spiro atoms. The number of alkyl halides is 3. The van der Waals surface area contributed by atoms with Gasteiger partial charge >= 0.3 is 21.8 Å². The summed E-state index contributed by atoms with van der Waals surface area (Å²) in [5.74, 6) is 0.000386. The fraction of sp³-hybridized carbons (Fsp3) is 0.389. The van der Waals surface area contributed by atoms with E-state index in [9.17, 15) is 26.4 Å². The highest BCUT2D eigenvalue weighted by Crippen LogP contribution is 2.69. The Labute approximate surface area is 167 Å². The van der Waals surface area contributed by atoms with Gasteiger partial charge in [-0.05, 0) is 36.6 Å².